The molecule has 1 fully saturated rings. The SMILES string of the molecule is CB1OB(C)OB(C)O1.CC(=O)Cn1c(=O)c2c(nc(Br)n2COCC[Si](C)(C)C)n(C)c1=O.CC(=O)Cn1c(=O)c2c(nc(C)n2COCC[Si](C)(C)C)n(C)c1=O. The van der Waals surface area contributed by atoms with Gasteiger partial charge in [0.15, 0.2) is 27.1 Å². The smallest absolute Gasteiger partial charge is 0.426 e. The van der Waals surface area contributed by atoms with Crippen molar-refractivity contribution in [3.05, 3.63) is 52.2 Å². The number of Topliss-reactive ketones (excluding diaryl/α,β-unsaturated/α-hetero) is 2. The number of aromatic nitrogens is 8. The molecule has 0 unspecified atom stereocenters. The number of carbonyl (C=O) groups is 2. The number of carbonyl (C=O) groups excluding carboxylic acids is 2. The Balaban J connectivity index is 0.000000261. The molecule has 0 aromatic carbocycles. The van der Waals surface area contributed by atoms with Crippen LogP contribution < -0.4 is 22.5 Å². The van der Waals surface area contributed by atoms with E-state index in [0.29, 0.717) is 29.4 Å². The summed E-state index contributed by atoms with van der Waals surface area (Å²) in [4.78, 5) is 81.5. The van der Waals surface area contributed by atoms with E-state index in [1.165, 1.54) is 30.0 Å². The van der Waals surface area contributed by atoms with Gasteiger partial charge in [0.05, 0.1) is 13.1 Å². The van der Waals surface area contributed by atoms with Crippen LogP contribution in [0.5, 0.6) is 0 Å². The van der Waals surface area contributed by atoms with E-state index in [0.717, 1.165) is 21.2 Å². The highest BCUT2D eigenvalue weighted by molar-refractivity contribution is 9.10. The zero-order valence-electron chi connectivity index (χ0n) is 36.8. The van der Waals surface area contributed by atoms with Gasteiger partial charge in [0.2, 0.25) is 0 Å². The van der Waals surface area contributed by atoms with Crippen molar-refractivity contribution < 1.29 is 32.8 Å². The molecule has 1 aliphatic heterocycles. The molecule has 0 amide bonds. The third-order valence-electron chi connectivity index (χ3n) is 8.95. The van der Waals surface area contributed by atoms with Crippen LogP contribution in [-0.4, -0.2) is 99.7 Å². The van der Waals surface area contributed by atoms with Crippen molar-refractivity contribution >= 4 is 87.3 Å². The Morgan fingerprint density at radius 3 is 1.37 bits per heavy atom. The summed E-state index contributed by atoms with van der Waals surface area (Å²) < 4.78 is 34.9. The molecular weight excluding hydrogens is 865 g/mol. The number of aryl methyl sites for hydroxylation is 3. The summed E-state index contributed by atoms with van der Waals surface area (Å²) in [5, 5.41) is 0. The van der Waals surface area contributed by atoms with Gasteiger partial charge >= 0.3 is 32.7 Å². The second-order valence-corrected chi connectivity index (χ2v) is 28.9. The number of ether oxygens (including phenoxy) is 2. The van der Waals surface area contributed by atoms with Crippen molar-refractivity contribution in [2.75, 3.05) is 13.2 Å². The minimum atomic E-state index is -1.21. The third kappa shape index (κ3) is 13.8. The molecule has 0 saturated carbocycles. The van der Waals surface area contributed by atoms with E-state index in [-0.39, 0.29) is 76.2 Å². The molecule has 25 heteroatoms. The average Bonchev–Trinajstić information content (AvgIpc) is 3.61. The quantitative estimate of drug-likeness (QED) is 0.102. The van der Waals surface area contributed by atoms with Gasteiger partial charge in [-0.2, -0.15) is 0 Å². The number of nitrogens with zero attached hydrogens (tertiary/aromatic N) is 8. The van der Waals surface area contributed by atoms with Crippen LogP contribution >= 0.6 is 15.9 Å². The predicted molar refractivity (Wildman–Crippen MR) is 239 cm³/mol. The lowest BCUT2D eigenvalue weighted by Gasteiger charge is -2.25. The molecule has 19 nitrogen and oxygen atoms in total. The van der Waals surface area contributed by atoms with Gasteiger partial charge in [0.1, 0.15) is 30.9 Å². The van der Waals surface area contributed by atoms with E-state index >= 15 is 0 Å². The topological polar surface area (TPSA) is 204 Å². The predicted octanol–water partition coefficient (Wildman–Crippen LogP) is 3.07. The molecule has 0 N–H and O–H groups in total. The molecule has 4 aromatic heterocycles. The molecule has 1 saturated heterocycles. The third-order valence-corrected chi connectivity index (χ3v) is 13.0. The Kier molecular flexibility index (Phi) is 17.7. The monoisotopic (exact) mass is 922 g/mol. The van der Waals surface area contributed by atoms with Gasteiger partial charge < -0.3 is 23.2 Å². The first-order valence-corrected chi connectivity index (χ1v) is 27.6. The maximum absolute atomic E-state index is 12.8. The number of fused-ring (bicyclic) bond motifs is 2. The van der Waals surface area contributed by atoms with Crippen LogP contribution in [0.3, 0.4) is 0 Å². The molecule has 0 radical (unpaired) electrons. The van der Waals surface area contributed by atoms with Crippen molar-refractivity contribution in [3.63, 3.8) is 0 Å². The van der Waals surface area contributed by atoms with Gasteiger partial charge in [-0.1, -0.05) is 39.3 Å². The molecule has 5 heterocycles. The lowest BCUT2D eigenvalue weighted by molar-refractivity contribution is -0.118. The molecule has 4 aromatic rings. The highest BCUT2D eigenvalue weighted by atomic mass is 79.9. The van der Waals surface area contributed by atoms with E-state index in [4.69, 9.17) is 23.2 Å². The minimum absolute atomic E-state index is 0.135. The van der Waals surface area contributed by atoms with Gasteiger partial charge in [-0.3, -0.25) is 46.6 Å². The number of halogens is 1. The Morgan fingerprint density at radius 1 is 0.644 bits per heavy atom. The fourth-order valence-corrected chi connectivity index (χ4v) is 7.76. The van der Waals surface area contributed by atoms with Crippen LogP contribution in [-0.2, 0) is 73.4 Å². The van der Waals surface area contributed by atoms with E-state index in [2.05, 4.69) is 65.2 Å². The zero-order chi connectivity index (χ0) is 44.7. The molecule has 0 bridgehead atoms. The first kappa shape index (κ1) is 49.9. The summed E-state index contributed by atoms with van der Waals surface area (Å²) >= 11 is 3.32. The lowest BCUT2D eigenvalue weighted by Crippen LogP contribution is -2.44. The van der Waals surface area contributed by atoms with Crippen molar-refractivity contribution in [2.45, 2.75) is 119 Å². The fourth-order valence-electron chi connectivity index (χ4n) is 5.80. The molecule has 5 rings (SSSR count). The molecule has 0 spiro atoms. The number of rotatable bonds is 14. The van der Waals surface area contributed by atoms with Crippen LogP contribution in [0.1, 0.15) is 19.7 Å². The zero-order valence-corrected chi connectivity index (χ0v) is 40.4. The van der Waals surface area contributed by atoms with Crippen LogP contribution in [0, 0.1) is 6.92 Å². The van der Waals surface area contributed by atoms with Crippen LogP contribution in [0.4, 0.5) is 0 Å². The van der Waals surface area contributed by atoms with Crippen molar-refractivity contribution in [2.24, 2.45) is 14.1 Å². The maximum atomic E-state index is 12.8. The van der Waals surface area contributed by atoms with E-state index in [1.807, 2.05) is 20.5 Å². The Labute approximate surface area is 354 Å². The molecule has 0 aliphatic carbocycles. The Morgan fingerprint density at radius 2 is 1.00 bits per heavy atom. The van der Waals surface area contributed by atoms with Crippen molar-refractivity contribution in [1.29, 1.82) is 0 Å². The number of hydrogen-bond donors (Lipinski definition) is 0. The number of ketones is 2. The first-order valence-electron chi connectivity index (χ1n) is 19.4. The molecule has 1 aliphatic rings. The normalized spacial score (nSPS) is 13.4. The van der Waals surface area contributed by atoms with Gasteiger partial charge in [-0.05, 0) is 69.3 Å². The molecular formula is C34H58B3BrN8O11Si2. The summed E-state index contributed by atoms with van der Waals surface area (Å²) in [5.74, 6) is 0.0680. The standard InChI is InChI=1S/C16H26N4O4Si.C15H23BrN4O4Si.C3H9B3O3/c1-11(21)9-19-15(22)13-14(18(3)16(19)23)17-12(2)20(13)10-24-7-8-25(4,5)6;1-10(21)8-19-13(22)11-12(18(2)15(19)23)17-14(16)20(11)9-24-6-7-25(3,4)5;1-4-7-5(2)9-6(3)8-4/h7-10H2,1-6H3;6-9H2,1-5H3;1-3H3. The minimum Gasteiger partial charge on any atom is -0.453 e. The van der Waals surface area contributed by atoms with Gasteiger partial charge in [-0.15, -0.1) is 0 Å². The Bertz CT molecular complexity index is 2200. The highest BCUT2D eigenvalue weighted by Gasteiger charge is 2.31. The fraction of sp³-hybridized carbons (Fsp3) is 0.647. The number of imidazole rings is 2. The summed E-state index contributed by atoms with van der Waals surface area (Å²) in [6.45, 7) is 24.6. The summed E-state index contributed by atoms with van der Waals surface area (Å²) in [6.07, 6.45) is 0. The molecule has 59 heavy (non-hydrogen) atoms. The summed E-state index contributed by atoms with van der Waals surface area (Å²) in [5.41, 5.74) is -1.07. The molecule has 0 atom stereocenters. The summed E-state index contributed by atoms with van der Waals surface area (Å²) in [6, 6.07) is 2.02. The van der Waals surface area contributed by atoms with Crippen molar-refractivity contribution in [3.8, 4) is 0 Å². The van der Waals surface area contributed by atoms with E-state index in [1.54, 1.807) is 23.1 Å². The van der Waals surface area contributed by atoms with Crippen LogP contribution in [0.2, 0.25) is 71.8 Å². The van der Waals surface area contributed by atoms with Crippen LogP contribution in [0.15, 0.2) is 23.9 Å². The van der Waals surface area contributed by atoms with Crippen LogP contribution in [0.25, 0.3) is 22.3 Å². The van der Waals surface area contributed by atoms with E-state index < -0.39 is 38.6 Å². The van der Waals surface area contributed by atoms with Gasteiger partial charge in [0, 0.05) is 43.5 Å². The average molecular weight is 923 g/mol. The Hall–Kier alpha value is -3.45. The highest BCUT2D eigenvalue weighted by Crippen LogP contribution is 2.17. The first-order chi connectivity index (χ1) is 27.2. The van der Waals surface area contributed by atoms with Gasteiger partial charge in [0.25, 0.3) is 11.1 Å². The number of hydrogen-bond acceptors (Lipinski definition) is 13. The second-order valence-electron chi connectivity index (χ2n) is 16.9. The largest absolute Gasteiger partial charge is 0.453 e. The van der Waals surface area contributed by atoms with Gasteiger partial charge in [-0.25, -0.2) is 19.6 Å². The lowest BCUT2D eigenvalue weighted by atomic mass is 9.74. The summed E-state index contributed by atoms with van der Waals surface area (Å²) in [7, 11) is 0.252. The van der Waals surface area contributed by atoms with Crippen molar-refractivity contribution in [1.82, 2.24) is 37.4 Å². The maximum Gasteiger partial charge on any atom is 0.426 e. The van der Waals surface area contributed by atoms with E-state index in [9.17, 15) is 28.8 Å². The second kappa shape index (κ2) is 20.9. The molecule has 324 valence electrons.